The van der Waals surface area contributed by atoms with Crippen LogP contribution >= 0.6 is 0 Å². The second-order valence-corrected chi connectivity index (χ2v) is 4.07. The van der Waals surface area contributed by atoms with Gasteiger partial charge in [0.1, 0.15) is 11.9 Å². The normalized spacial score (nSPS) is 10.0. The Morgan fingerprint density at radius 1 is 1.06 bits per heavy atom. The molecule has 0 aromatic heterocycles. The van der Waals surface area contributed by atoms with Crippen LogP contribution in [0.3, 0.4) is 0 Å². The van der Waals surface area contributed by atoms with Gasteiger partial charge in [0.25, 0.3) is 0 Å². The van der Waals surface area contributed by atoms with Crippen LogP contribution in [0.15, 0.2) is 36.4 Å². The Balaban J connectivity index is 2.65. The van der Waals surface area contributed by atoms with E-state index in [2.05, 4.69) is 0 Å². The average molecular weight is 225 g/mol. The Kier molecular flexibility index (Phi) is 2.93. The highest BCUT2D eigenvalue weighted by molar-refractivity contribution is 5.71. The number of halogens is 1. The minimum Gasteiger partial charge on any atom is -0.206 e. The molecule has 0 radical (unpaired) electrons. The summed E-state index contributed by atoms with van der Waals surface area (Å²) in [5, 5.41) is 8.99. The third kappa shape index (κ3) is 2.05. The zero-order chi connectivity index (χ0) is 12.4. The van der Waals surface area contributed by atoms with E-state index in [0.29, 0.717) is 5.56 Å². The molecule has 0 fully saturated rings. The second kappa shape index (κ2) is 4.39. The molecular weight excluding hydrogens is 213 g/mol. The van der Waals surface area contributed by atoms with Crippen molar-refractivity contribution in [2.45, 2.75) is 13.8 Å². The third-order valence-electron chi connectivity index (χ3n) is 2.94. The molecule has 0 N–H and O–H groups in total. The van der Waals surface area contributed by atoms with Crippen LogP contribution in [-0.2, 0) is 0 Å². The van der Waals surface area contributed by atoms with Crippen molar-refractivity contribution in [3.05, 3.63) is 58.9 Å². The fourth-order valence-corrected chi connectivity index (χ4v) is 1.79. The standard InChI is InChI=1S/C15H12FN/c1-10-6-7-12(8-11(10)2)13-4-3-5-15(16)14(13)9-17/h3-8H,1-2H3. The van der Waals surface area contributed by atoms with Crippen molar-refractivity contribution < 1.29 is 4.39 Å². The monoisotopic (exact) mass is 225 g/mol. The predicted octanol–water partition coefficient (Wildman–Crippen LogP) is 3.98. The molecule has 2 aromatic rings. The molecule has 0 aliphatic heterocycles. The largest absolute Gasteiger partial charge is 0.206 e. The van der Waals surface area contributed by atoms with Crippen LogP contribution in [0.4, 0.5) is 4.39 Å². The van der Waals surface area contributed by atoms with E-state index in [1.165, 1.54) is 11.6 Å². The lowest BCUT2D eigenvalue weighted by atomic mass is 9.97. The molecule has 1 nitrogen and oxygen atoms in total. The summed E-state index contributed by atoms with van der Waals surface area (Å²) in [6.07, 6.45) is 0. The fourth-order valence-electron chi connectivity index (χ4n) is 1.79. The predicted molar refractivity (Wildman–Crippen MR) is 66.0 cm³/mol. The van der Waals surface area contributed by atoms with Crippen LogP contribution in [0.25, 0.3) is 11.1 Å². The lowest BCUT2D eigenvalue weighted by Gasteiger charge is -2.07. The molecule has 0 amide bonds. The number of hydrogen-bond acceptors (Lipinski definition) is 1. The molecule has 2 aromatic carbocycles. The Morgan fingerprint density at radius 2 is 1.82 bits per heavy atom. The van der Waals surface area contributed by atoms with Gasteiger partial charge in [-0.2, -0.15) is 5.26 Å². The van der Waals surface area contributed by atoms with Gasteiger partial charge in [-0.15, -0.1) is 0 Å². The first-order valence-corrected chi connectivity index (χ1v) is 5.39. The number of rotatable bonds is 1. The summed E-state index contributed by atoms with van der Waals surface area (Å²) in [6.45, 7) is 4.03. The molecule has 0 saturated carbocycles. The molecule has 0 saturated heterocycles. The summed E-state index contributed by atoms with van der Waals surface area (Å²) in [6, 6.07) is 12.5. The van der Waals surface area contributed by atoms with E-state index < -0.39 is 5.82 Å². The number of aryl methyl sites for hydroxylation is 2. The van der Waals surface area contributed by atoms with Crippen molar-refractivity contribution in [2.24, 2.45) is 0 Å². The lowest BCUT2D eigenvalue weighted by Crippen LogP contribution is -1.90. The van der Waals surface area contributed by atoms with Gasteiger partial charge in [0.05, 0.1) is 5.56 Å². The maximum Gasteiger partial charge on any atom is 0.141 e. The zero-order valence-corrected chi connectivity index (χ0v) is 9.79. The summed E-state index contributed by atoms with van der Waals surface area (Å²) in [4.78, 5) is 0. The molecule has 0 spiro atoms. The van der Waals surface area contributed by atoms with Gasteiger partial charge >= 0.3 is 0 Å². The summed E-state index contributed by atoms with van der Waals surface area (Å²) >= 11 is 0. The molecule has 0 atom stereocenters. The first-order chi connectivity index (χ1) is 8.13. The highest BCUT2D eigenvalue weighted by Gasteiger charge is 2.09. The zero-order valence-electron chi connectivity index (χ0n) is 9.79. The van der Waals surface area contributed by atoms with E-state index in [-0.39, 0.29) is 5.56 Å². The van der Waals surface area contributed by atoms with Gasteiger partial charge in [-0.3, -0.25) is 0 Å². The first kappa shape index (κ1) is 11.3. The maximum atomic E-state index is 13.5. The van der Waals surface area contributed by atoms with E-state index in [9.17, 15) is 4.39 Å². The Hall–Kier alpha value is -2.14. The van der Waals surface area contributed by atoms with Gasteiger partial charge in [-0.25, -0.2) is 4.39 Å². The summed E-state index contributed by atoms with van der Waals surface area (Å²) in [5.74, 6) is -0.469. The molecule has 17 heavy (non-hydrogen) atoms. The van der Waals surface area contributed by atoms with E-state index in [1.807, 2.05) is 38.1 Å². The van der Waals surface area contributed by atoms with Crippen molar-refractivity contribution in [1.29, 1.82) is 5.26 Å². The molecule has 0 heterocycles. The lowest BCUT2D eigenvalue weighted by molar-refractivity contribution is 0.624. The van der Waals surface area contributed by atoms with Crippen molar-refractivity contribution in [1.82, 2.24) is 0 Å². The molecular formula is C15H12FN. The maximum absolute atomic E-state index is 13.5. The minimum atomic E-state index is -0.469. The van der Waals surface area contributed by atoms with Gasteiger partial charge in [0.2, 0.25) is 0 Å². The van der Waals surface area contributed by atoms with Crippen molar-refractivity contribution in [2.75, 3.05) is 0 Å². The number of benzene rings is 2. The SMILES string of the molecule is Cc1ccc(-c2cccc(F)c2C#N)cc1C. The summed E-state index contributed by atoms with van der Waals surface area (Å²) in [5.41, 5.74) is 3.95. The minimum absolute atomic E-state index is 0.107. The van der Waals surface area contributed by atoms with Crippen molar-refractivity contribution in [3.8, 4) is 17.2 Å². The average Bonchev–Trinajstić information content (AvgIpc) is 2.32. The van der Waals surface area contributed by atoms with E-state index in [0.717, 1.165) is 11.1 Å². The van der Waals surface area contributed by atoms with Crippen LogP contribution in [0.5, 0.6) is 0 Å². The topological polar surface area (TPSA) is 23.8 Å². The van der Waals surface area contributed by atoms with Crippen LogP contribution in [-0.4, -0.2) is 0 Å². The third-order valence-corrected chi connectivity index (χ3v) is 2.94. The van der Waals surface area contributed by atoms with Crippen molar-refractivity contribution in [3.63, 3.8) is 0 Å². The van der Waals surface area contributed by atoms with Crippen LogP contribution in [0, 0.1) is 31.0 Å². The van der Waals surface area contributed by atoms with E-state index in [1.54, 1.807) is 12.1 Å². The summed E-state index contributed by atoms with van der Waals surface area (Å²) in [7, 11) is 0. The molecule has 0 bridgehead atoms. The summed E-state index contributed by atoms with van der Waals surface area (Å²) < 4.78 is 13.5. The molecule has 2 rings (SSSR count). The molecule has 2 heteroatoms. The first-order valence-electron chi connectivity index (χ1n) is 5.39. The highest BCUT2D eigenvalue weighted by atomic mass is 19.1. The van der Waals surface area contributed by atoms with Gasteiger partial charge in [0.15, 0.2) is 0 Å². The second-order valence-electron chi connectivity index (χ2n) is 4.07. The van der Waals surface area contributed by atoms with Crippen molar-refractivity contribution >= 4 is 0 Å². The van der Waals surface area contributed by atoms with E-state index >= 15 is 0 Å². The van der Waals surface area contributed by atoms with Gasteiger partial charge in [-0.1, -0.05) is 30.3 Å². The van der Waals surface area contributed by atoms with Crippen LogP contribution < -0.4 is 0 Å². The fraction of sp³-hybridized carbons (Fsp3) is 0.133. The molecule has 0 aliphatic rings. The Morgan fingerprint density at radius 3 is 2.47 bits per heavy atom. The highest BCUT2D eigenvalue weighted by Crippen LogP contribution is 2.26. The van der Waals surface area contributed by atoms with Crippen LogP contribution in [0.1, 0.15) is 16.7 Å². The quantitative estimate of drug-likeness (QED) is 0.720. The van der Waals surface area contributed by atoms with E-state index in [4.69, 9.17) is 5.26 Å². The number of hydrogen-bond donors (Lipinski definition) is 0. The number of nitriles is 1. The van der Waals surface area contributed by atoms with Gasteiger partial charge in [0, 0.05) is 5.56 Å². The Labute approximate surface area is 100 Å². The molecule has 0 unspecified atom stereocenters. The number of nitrogens with zero attached hydrogens (tertiary/aromatic N) is 1. The smallest absolute Gasteiger partial charge is 0.141 e. The molecule has 0 aliphatic carbocycles. The van der Waals surface area contributed by atoms with Gasteiger partial charge in [-0.05, 0) is 36.6 Å². The Bertz CT molecular complexity index is 609. The van der Waals surface area contributed by atoms with Gasteiger partial charge < -0.3 is 0 Å². The molecule has 84 valence electrons. The van der Waals surface area contributed by atoms with Crippen LogP contribution in [0.2, 0.25) is 0 Å².